The van der Waals surface area contributed by atoms with Gasteiger partial charge < -0.3 is 36.0 Å². The number of hydrogen-bond donors (Lipinski definition) is 6. The summed E-state index contributed by atoms with van der Waals surface area (Å²) in [6.07, 6.45) is -1.89. The molecule has 1 aliphatic heterocycles. The van der Waals surface area contributed by atoms with Crippen molar-refractivity contribution in [1.29, 1.82) is 0 Å². The number of aromatic hydroxyl groups is 4. The van der Waals surface area contributed by atoms with E-state index in [4.69, 9.17) is 10.5 Å². The Hall–Kier alpha value is -2.29. The van der Waals surface area contributed by atoms with Gasteiger partial charge >= 0.3 is 0 Å². The number of benzene rings is 2. The van der Waals surface area contributed by atoms with E-state index in [0.29, 0.717) is 23.4 Å². The van der Waals surface area contributed by atoms with Gasteiger partial charge in [0.1, 0.15) is 23.4 Å². The molecule has 1 heterocycles. The fourth-order valence-electron chi connectivity index (χ4n) is 2.88. The molecule has 7 N–H and O–H groups in total. The number of nitrogens with two attached hydrogens (primary N) is 1. The number of aliphatic hydroxyl groups is 1. The molecule has 0 aliphatic carbocycles. The summed E-state index contributed by atoms with van der Waals surface area (Å²) in [5.74, 6) is -0.148. The van der Waals surface area contributed by atoms with E-state index in [9.17, 15) is 25.5 Å². The largest absolute Gasteiger partial charge is 0.508 e. The minimum Gasteiger partial charge on any atom is -0.508 e. The van der Waals surface area contributed by atoms with Crippen LogP contribution in [0.15, 0.2) is 30.3 Å². The zero-order valence-electron chi connectivity index (χ0n) is 13.2. The normalized spacial score (nSPS) is 22.2. The molecule has 2 aromatic carbocycles. The van der Waals surface area contributed by atoms with Crippen LogP contribution in [-0.2, 0) is 0 Å². The third-order valence-corrected chi connectivity index (χ3v) is 5.35. The smallest absolute Gasteiger partial charge is 0.157 e. The van der Waals surface area contributed by atoms with E-state index in [1.54, 1.807) is 0 Å². The van der Waals surface area contributed by atoms with Crippen molar-refractivity contribution in [2.45, 2.75) is 17.5 Å². The number of thioether (sulfide) groups is 1. The molecular formula is C17H19NO6S. The number of rotatable bonds is 4. The van der Waals surface area contributed by atoms with E-state index in [0.717, 1.165) is 0 Å². The second-order valence-electron chi connectivity index (χ2n) is 5.73. The Bertz CT molecular complexity index is 784. The fraction of sp³-hybridized carbons (Fsp3) is 0.294. The summed E-state index contributed by atoms with van der Waals surface area (Å²) in [5, 5.41) is 49.4. The molecule has 0 fully saturated rings. The van der Waals surface area contributed by atoms with Crippen LogP contribution in [0, 0.1) is 0 Å². The molecule has 1 aliphatic rings. The molecule has 1 unspecified atom stereocenters. The van der Waals surface area contributed by atoms with Crippen LogP contribution < -0.4 is 10.5 Å². The molecule has 7 nitrogen and oxygen atoms in total. The number of phenols is 4. The van der Waals surface area contributed by atoms with E-state index in [-0.39, 0.29) is 28.7 Å². The van der Waals surface area contributed by atoms with Gasteiger partial charge in [-0.05, 0) is 17.7 Å². The second kappa shape index (κ2) is 6.91. The lowest BCUT2D eigenvalue weighted by Crippen LogP contribution is -2.33. The van der Waals surface area contributed by atoms with Crippen molar-refractivity contribution in [2.75, 3.05) is 12.3 Å². The third-order valence-electron chi connectivity index (χ3n) is 4.01. The van der Waals surface area contributed by atoms with Gasteiger partial charge in [0.2, 0.25) is 0 Å². The molecule has 0 amide bonds. The van der Waals surface area contributed by atoms with Crippen LogP contribution in [0.4, 0.5) is 0 Å². The van der Waals surface area contributed by atoms with Gasteiger partial charge in [0.05, 0.1) is 10.8 Å². The molecular weight excluding hydrogens is 346 g/mol. The summed E-state index contributed by atoms with van der Waals surface area (Å²) in [6, 6.07) is 6.70. The summed E-state index contributed by atoms with van der Waals surface area (Å²) in [4.78, 5) is 0. The van der Waals surface area contributed by atoms with Crippen molar-refractivity contribution in [1.82, 2.24) is 0 Å². The van der Waals surface area contributed by atoms with E-state index in [2.05, 4.69) is 0 Å². The first-order valence-corrected chi connectivity index (χ1v) is 8.71. The van der Waals surface area contributed by atoms with Gasteiger partial charge in [0.25, 0.3) is 0 Å². The van der Waals surface area contributed by atoms with Gasteiger partial charge in [-0.25, -0.2) is 0 Å². The molecule has 3 atom stereocenters. The molecule has 0 radical (unpaired) electrons. The Kier molecular flexibility index (Phi) is 4.85. The Labute approximate surface area is 148 Å². The van der Waals surface area contributed by atoms with E-state index in [1.165, 1.54) is 42.1 Å². The minimum atomic E-state index is -1.04. The maximum absolute atomic E-state index is 10.8. The number of hydrogen-bond acceptors (Lipinski definition) is 8. The number of phenolic OH excluding ortho intramolecular Hbond substituents is 4. The average molecular weight is 365 g/mol. The molecule has 0 saturated heterocycles. The van der Waals surface area contributed by atoms with Crippen LogP contribution >= 0.6 is 11.8 Å². The lowest BCUT2D eigenvalue weighted by molar-refractivity contribution is 0.0174. The van der Waals surface area contributed by atoms with Crippen LogP contribution in [0.5, 0.6) is 28.7 Å². The Balaban J connectivity index is 2.06. The standard InChI is InChI=1S/C17H19NO6S/c18-3-4-25-17-14-12(22)6-9(19)7-13(14)24-16(15(17)23)8-1-2-10(20)11(21)5-8/h1-2,5-7,15-17,19-23H,3-4,18H2/t15-,16+,17?/m0/s1. The monoisotopic (exact) mass is 365 g/mol. The Morgan fingerprint density at radius 3 is 2.44 bits per heavy atom. The number of fused-ring (bicyclic) bond motifs is 1. The summed E-state index contributed by atoms with van der Waals surface area (Å²) in [7, 11) is 0. The van der Waals surface area contributed by atoms with Crippen LogP contribution in [0.2, 0.25) is 0 Å². The van der Waals surface area contributed by atoms with Crippen LogP contribution in [0.3, 0.4) is 0 Å². The summed E-state index contributed by atoms with van der Waals surface area (Å²) < 4.78 is 5.79. The van der Waals surface area contributed by atoms with Crippen molar-refractivity contribution in [3.05, 3.63) is 41.5 Å². The van der Waals surface area contributed by atoms with Gasteiger partial charge in [-0.2, -0.15) is 0 Å². The lowest BCUT2D eigenvalue weighted by atomic mass is 9.93. The molecule has 0 spiro atoms. The third kappa shape index (κ3) is 3.28. The minimum absolute atomic E-state index is 0.164. The quantitative estimate of drug-likeness (QED) is 0.451. The van der Waals surface area contributed by atoms with Crippen LogP contribution in [0.25, 0.3) is 0 Å². The first kappa shape index (κ1) is 17.5. The zero-order chi connectivity index (χ0) is 18.1. The molecule has 25 heavy (non-hydrogen) atoms. The molecule has 2 aromatic rings. The van der Waals surface area contributed by atoms with Crippen molar-refractivity contribution in [2.24, 2.45) is 5.73 Å². The summed E-state index contributed by atoms with van der Waals surface area (Å²) in [5.41, 5.74) is 6.40. The maximum atomic E-state index is 10.8. The fourth-order valence-corrected chi connectivity index (χ4v) is 4.01. The molecule has 0 saturated carbocycles. The van der Waals surface area contributed by atoms with Gasteiger partial charge in [-0.1, -0.05) is 6.07 Å². The molecule has 0 aromatic heterocycles. The van der Waals surface area contributed by atoms with Crippen LogP contribution in [0.1, 0.15) is 22.5 Å². The first-order valence-electron chi connectivity index (χ1n) is 7.66. The van der Waals surface area contributed by atoms with Crippen molar-refractivity contribution in [3.63, 3.8) is 0 Å². The first-order chi connectivity index (χ1) is 11.9. The maximum Gasteiger partial charge on any atom is 0.157 e. The van der Waals surface area contributed by atoms with E-state index in [1.807, 2.05) is 0 Å². The van der Waals surface area contributed by atoms with E-state index >= 15 is 0 Å². The van der Waals surface area contributed by atoms with Crippen LogP contribution in [-0.4, -0.2) is 43.9 Å². The van der Waals surface area contributed by atoms with Gasteiger partial charge in [-0.15, -0.1) is 11.8 Å². The van der Waals surface area contributed by atoms with Gasteiger partial charge in [-0.3, -0.25) is 0 Å². The Morgan fingerprint density at radius 2 is 1.76 bits per heavy atom. The number of ether oxygens (including phenoxy) is 1. The lowest BCUT2D eigenvalue weighted by Gasteiger charge is -2.37. The molecule has 8 heteroatoms. The summed E-state index contributed by atoms with van der Waals surface area (Å²) in [6.45, 7) is 0.396. The number of aliphatic hydroxyl groups excluding tert-OH is 1. The predicted molar refractivity (Wildman–Crippen MR) is 93.2 cm³/mol. The molecule has 134 valence electrons. The summed E-state index contributed by atoms with van der Waals surface area (Å²) >= 11 is 1.37. The molecule has 3 rings (SSSR count). The average Bonchev–Trinajstić information content (AvgIpc) is 2.56. The second-order valence-corrected chi connectivity index (χ2v) is 6.98. The van der Waals surface area contributed by atoms with Crippen molar-refractivity contribution in [3.8, 4) is 28.7 Å². The predicted octanol–water partition coefficient (Wildman–Crippen LogP) is 1.74. The Morgan fingerprint density at radius 1 is 1.00 bits per heavy atom. The van der Waals surface area contributed by atoms with Crippen molar-refractivity contribution < 1.29 is 30.3 Å². The van der Waals surface area contributed by atoms with E-state index < -0.39 is 17.5 Å². The SMILES string of the molecule is NCCSC1c2c(O)cc(O)cc2O[C@H](c2ccc(O)c(O)c2)[C@@H]1O. The molecule has 0 bridgehead atoms. The highest BCUT2D eigenvalue weighted by Gasteiger charge is 2.40. The highest BCUT2D eigenvalue weighted by molar-refractivity contribution is 7.99. The topological polar surface area (TPSA) is 136 Å². The van der Waals surface area contributed by atoms with Crippen molar-refractivity contribution >= 4 is 11.8 Å². The highest BCUT2D eigenvalue weighted by atomic mass is 32.2. The van der Waals surface area contributed by atoms with Gasteiger partial charge in [0, 0.05) is 24.4 Å². The van der Waals surface area contributed by atoms with Gasteiger partial charge in [0.15, 0.2) is 17.6 Å². The zero-order valence-corrected chi connectivity index (χ0v) is 14.0. The highest BCUT2D eigenvalue weighted by Crippen LogP contribution is 2.52.